The van der Waals surface area contributed by atoms with Crippen molar-refractivity contribution >= 4 is 11.5 Å². The van der Waals surface area contributed by atoms with Crippen molar-refractivity contribution in [2.24, 2.45) is 0 Å². The molecule has 0 aliphatic heterocycles. The normalized spacial score (nSPS) is 10.9. The molecule has 0 unspecified atom stereocenters. The number of aromatic nitrogens is 6. The van der Waals surface area contributed by atoms with Gasteiger partial charge in [0.1, 0.15) is 40.3 Å². The maximum Gasteiger partial charge on any atom is 0.148 e. The quantitative estimate of drug-likeness (QED) is 0.232. The van der Waals surface area contributed by atoms with E-state index in [0.717, 1.165) is 56.8 Å². The van der Waals surface area contributed by atoms with Gasteiger partial charge in [0, 0.05) is 35.3 Å². The van der Waals surface area contributed by atoms with Gasteiger partial charge < -0.3 is 14.8 Å². The van der Waals surface area contributed by atoms with Crippen molar-refractivity contribution in [3.8, 4) is 45.3 Å². The molecule has 6 aromatic rings. The number of pyridine rings is 1. The summed E-state index contributed by atoms with van der Waals surface area (Å²) in [6.45, 7) is 3.83. The van der Waals surface area contributed by atoms with Crippen molar-refractivity contribution in [1.29, 1.82) is 0 Å². The van der Waals surface area contributed by atoms with Crippen molar-refractivity contribution in [1.82, 2.24) is 29.5 Å². The first-order chi connectivity index (χ1) is 20.0. The van der Waals surface area contributed by atoms with E-state index < -0.39 is 0 Å². The molecule has 0 fully saturated rings. The zero-order valence-electron chi connectivity index (χ0n) is 23.2. The first-order valence-electron chi connectivity index (χ1n) is 13.1. The Morgan fingerprint density at radius 2 is 1.59 bits per heavy atom. The Morgan fingerprint density at radius 3 is 2.29 bits per heavy atom. The van der Waals surface area contributed by atoms with E-state index >= 15 is 0 Å². The molecule has 3 aromatic carbocycles. The zero-order valence-corrected chi connectivity index (χ0v) is 23.2. The number of benzene rings is 3. The van der Waals surface area contributed by atoms with Crippen LogP contribution in [0.3, 0.4) is 0 Å². The Bertz CT molecular complexity index is 1810. The second-order valence-corrected chi connectivity index (χ2v) is 9.46. The summed E-state index contributed by atoms with van der Waals surface area (Å²) in [5, 5.41) is 12.9. The lowest BCUT2D eigenvalue weighted by atomic mass is 10.0. The number of hydrogen-bond acceptors (Lipinski definition) is 7. The third-order valence-corrected chi connectivity index (χ3v) is 6.72. The second-order valence-electron chi connectivity index (χ2n) is 9.46. The summed E-state index contributed by atoms with van der Waals surface area (Å²) in [6, 6.07) is 27.8. The topological polar surface area (TPSA) is 91.9 Å². The largest absolute Gasteiger partial charge is 0.497 e. The molecule has 41 heavy (non-hydrogen) atoms. The predicted molar refractivity (Wildman–Crippen MR) is 159 cm³/mol. The van der Waals surface area contributed by atoms with Crippen molar-refractivity contribution in [2.75, 3.05) is 19.5 Å². The van der Waals surface area contributed by atoms with Crippen molar-refractivity contribution in [3.63, 3.8) is 0 Å². The first-order valence-corrected chi connectivity index (χ1v) is 13.1. The zero-order chi connectivity index (χ0) is 28.3. The number of nitrogens with zero attached hydrogens (tertiary/aromatic N) is 6. The summed E-state index contributed by atoms with van der Waals surface area (Å²) in [5.74, 6) is 3.70. The number of rotatable bonds is 8. The maximum atomic E-state index is 5.64. The molecule has 0 atom stereocenters. The number of ether oxygens (including phenoxy) is 2. The first kappa shape index (κ1) is 25.8. The third-order valence-electron chi connectivity index (χ3n) is 6.72. The lowest BCUT2D eigenvalue weighted by Gasteiger charge is -2.10. The Hall–Kier alpha value is -5.44. The van der Waals surface area contributed by atoms with Crippen LogP contribution in [0.4, 0.5) is 11.5 Å². The molecule has 0 saturated heterocycles. The van der Waals surface area contributed by atoms with Crippen molar-refractivity contribution in [3.05, 3.63) is 109 Å². The fraction of sp³-hybridized carbons (Fsp3) is 0.125. The molecule has 0 saturated carbocycles. The summed E-state index contributed by atoms with van der Waals surface area (Å²) in [6.07, 6.45) is 3.80. The van der Waals surface area contributed by atoms with Gasteiger partial charge in [-0.1, -0.05) is 30.3 Å². The molecular formula is C32H29N7O2. The van der Waals surface area contributed by atoms with E-state index in [-0.39, 0.29) is 0 Å². The monoisotopic (exact) mass is 543 g/mol. The molecule has 0 spiro atoms. The van der Waals surface area contributed by atoms with Crippen LogP contribution in [-0.4, -0.2) is 43.7 Å². The Kier molecular flexibility index (Phi) is 6.91. The van der Waals surface area contributed by atoms with Crippen molar-refractivity contribution in [2.45, 2.75) is 13.8 Å². The highest BCUT2D eigenvalue weighted by Crippen LogP contribution is 2.35. The Morgan fingerprint density at radius 1 is 0.780 bits per heavy atom. The molecule has 1 N–H and O–H groups in total. The van der Waals surface area contributed by atoms with Gasteiger partial charge in [0.05, 0.1) is 19.9 Å². The average molecular weight is 544 g/mol. The minimum Gasteiger partial charge on any atom is -0.497 e. The standard InChI is InChI=1S/C32H29N7O2/c1-21-34-22(2)39(36-21)26-12-10-25(11-13-26)35-31-18-24(16-17-33-31)32-28(23-8-6-5-7-9-23)20-38(37-32)29-19-27(40-3)14-15-30(29)41-4/h5-20H,1-4H3,(H,33,35). The van der Waals surface area contributed by atoms with Gasteiger partial charge >= 0.3 is 0 Å². The van der Waals surface area contributed by atoms with Crippen LogP contribution in [0.5, 0.6) is 11.5 Å². The lowest BCUT2D eigenvalue weighted by molar-refractivity contribution is 0.400. The number of methoxy groups -OCH3 is 2. The number of nitrogens with one attached hydrogen (secondary N) is 1. The summed E-state index contributed by atoms with van der Waals surface area (Å²) < 4.78 is 14.8. The SMILES string of the molecule is COc1ccc(OC)c(-n2cc(-c3ccccc3)c(-c3ccnc(Nc4ccc(-n5nc(C)nc5C)cc4)c3)n2)c1. The fourth-order valence-electron chi connectivity index (χ4n) is 4.76. The summed E-state index contributed by atoms with van der Waals surface area (Å²) in [4.78, 5) is 8.96. The lowest BCUT2D eigenvalue weighted by Crippen LogP contribution is -2.00. The molecule has 3 heterocycles. The highest BCUT2D eigenvalue weighted by atomic mass is 16.5. The number of anilines is 2. The van der Waals surface area contributed by atoms with E-state index in [1.807, 2.05) is 102 Å². The minimum atomic E-state index is 0.691. The van der Waals surface area contributed by atoms with Gasteiger partial charge in [-0.3, -0.25) is 0 Å². The van der Waals surface area contributed by atoms with Crippen LogP contribution in [0.25, 0.3) is 33.8 Å². The highest BCUT2D eigenvalue weighted by Gasteiger charge is 2.17. The molecule has 9 nitrogen and oxygen atoms in total. The number of hydrogen-bond donors (Lipinski definition) is 1. The average Bonchev–Trinajstić information content (AvgIpc) is 3.61. The molecule has 0 bridgehead atoms. The molecule has 3 aromatic heterocycles. The van der Waals surface area contributed by atoms with E-state index in [1.54, 1.807) is 20.4 Å². The molecule has 9 heteroatoms. The van der Waals surface area contributed by atoms with Gasteiger partial charge in [0.15, 0.2) is 0 Å². The summed E-state index contributed by atoms with van der Waals surface area (Å²) in [7, 11) is 3.29. The third kappa shape index (κ3) is 5.25. The molecular weight excluding hydrogens is 514 g/mol. The van der Waals surface area contributed by atoms with Gasteiger partial charge in [-0.25, -0.2) is 19.3 Å². The fourth-order valence-corrected chi connectivity index (χ4v) is 4.76. The molecule has 204 valence electrons. The summed E-state index contributed by atoms with van der Waals surface area (Å²) >= 11 is 0. The molecule has 6 rings (SSSR count). The van der Waals surface area contributed by atoms with E-state index in [9.17, 15) is 0 Å². The van der Waals surface area contributed by atoms with E-state index in [4.69, 9.17) is 14.6 Å². The molecule has 0 aliphatic rings. The minimum absolute atomic E-state index is 0.691. The smallest absolute Gasteiger partial charge is 0.148 e. The Labute approximate surface area is 238 Å². The summed E-state index contributed by atoms with van der Waals surface area (Å²) in [5.41, 5.74) is 6.41. The van der Waals surface area contributed by atoms with E-state index in [2.05, 4.69) is 32.5 Å². The van der Waals surface area contributed by atoms with Gasteiger partial charge in [0.2, 0.25) is 0 Å². The van der Waals surface area contributed by atoms with Crippen LogP contribution in [0.2, 0.25) is 0 Å². The molecule has 0 aliphatic carbocycles. The van der Waals surface area contributed by atoms with Crippen LogP contribution >= 0.6 is 0 Å². The van der Waals surface area contributed by atoms with Crippen molar-refractivity contribution < 1.29 is 9.47 Å². The van der Waals surface area contributed by atoms with Crippen LogP contribution in [-0.2, 0) is 0 Å². The Balaban J connectivity index is 1.36. The predicted octanol–water partition coefficient (Wildman–Crippen LogP) is 6.56. The van der Waals surface area contributed by atoms with E-state index in [0.29, 0.717) is 11.6 Å². The van der Waals surface area contributed by atoms with Gasteiger partial charge in [-0.15, -0.1) is 0 Å². The van der Waals surface area contributed by atoms with Gasteiger partial charge in [-0.05, 0) is 67.9 Å². The molecule has 0 radical (unpaired) electrons. The second kappa shape index (κ2) is 11.0. The number of aryl methyl sites for hydroxylation is 2. The van der Waals surface area contributed by atoms with Gasteiger partial charge in [0.25, 0.3) is 0 Å². The van der Waals surface area contributed by atoms with Gasteiger partial charge in [-0.2, -0.15) is 10.2 Å². The van der Waals surface area contributed by atoms with Crippen LogP contribution in [0.1, 0.15) is 11.6 Å². The maximum absolute atomic E-state index is 5.64. The van der Waals surface area contributed by atoms with Crippen LogP contribution in [0.15, 0.2) is 97.3 Å². The molecule has 0 amide bonds. The van der Waals surface area contributed by atoms with E-state index in [1.165, 1.54) is 0 Å². The highest BCUT2D eigenvalue weighted by molar-refractivity contribution is 5.82. The van der Waals surface area contributed by atoms with Crippen LogP contribution < -0.4 is 14.8 Å². The van der Waals surface area contributed by atoms with Crippen LogP contribution in [0, 0.1) is 13.8 Å².